The second kappa shape index (κ2) is 5.73. The number of benzene rings is 1. The van der Waals surface area contributed by atoms with E-state index in [1.165, 1.54) is 6.07 Å². The first-order valence-corrected chi connectivity index (χ1v) is 8.86. The monoisotopic (exact) mass is 424 g/mol. The number of sulfonamides is 1. The minimum Gasteiger partial charge on any atom is -0.389 e. The molecule has 1 heterocycles. The van der Waals surface area contributed by atoms with Crippen LogP contribution in [0.1, 0.15) is 4.88 Å². The molecular formula is C11H9IN2O2S3. The molecule has 0 atom stereocenters. The van der Waals surface area contributed by atoms with Crippen molar-refractivity contribution in [3.05, 3.63) is 44.8 Å². The molecule has 0 spiro atoms. The summed E-state index contributed by atoms with van der Waals surface area (Å²) in [6.07, 6.45) is 0. The van der Waals surface area contributed by atoms with Crippen molar-refractivity contribution in [1.82, 2.24) is 0 Å². The molecule has 0 radical (unpaired) electrons. The van der Waals surface area contributed by atoms with Gasteiger partial charge >= 0.3 is 0 Å². The van der Waals surface area contributed by atoms with Crippen molar-refractivity contribution < 1.29 is 8.42 Å². The van der Waals surface area contributed by atoms with E-state index in [0.717, 1.165) is 14.9 Å². The van der Waals surface area contributed by atoms with Crippen molar-refractivity contribution in [3.8, 4) is 0 Å². The summed E-state index contributed by atoms with van der Waals surface area (Å²) in [5.41, 5.74) is 6.02. The van der Waals surface area contributed by atoms with Crippen LogP contribution < -0.4 is 10.5 Å². The number of rotatable bonds is 4. The number of para-hydroxylation sites is 1. The Hall–Kier alpha value is -0.710. The molecule has 0 bridgehead atoms. The lowest BCUT2D eigenvalue weighted by molar-refractivity contribution is 0.603. The number of halogens is 1. The zero-order chi connectivity index (χ0) is 14.0. The zero-order valence-corrected chi connectivity index (χ0v) is 14.1. The largest absolute Gasteiger partial charge is 0.389 e. The first-order chi connectivity index (χ1) is 8.90. The third kappa shape index (κ3) is 3.44. The highest BCUT2D eigenvalue weighted by atomic mass is 127. The van der Waals surface area contributed by atoms with Crippen molar-refractivity contribution in [2.45, 2.75) is 4.21 Å². The Balaban J connectivity index is 2.32. The maximum atomic E-state index is 12.2. The van der Waals surface area contributed by atoms with Crippen molar-refractivity contribution >= 4 is 66.8 Å². The molecule has 19 heavy (non-hydrogen) atoms. The first kappa shape index (κ1) is 14.7. The lowest BCUT2D eigenvalue weighted by atomic mass is 10.3. The van der Waals surface area contributed by atoms with Gasteiger partial charge in [0.25, 0.3) is 10.0 Å². The van der Waals surface area contributed by atoms with Crippen LogP contribution in [0, 0.1) is 3.57 Å². The highest BCUT2D eigenvalue weighted by Crippen LogP contribution is 2.26. The standard InChI is InChI=1S/C11H9IN2O2S3/c12-7-3-1-2-4-8(7)14-19(15,16)10-6-5-9(18-10)11(13)17/h1-6,14H,(H2,13,17). The Bertz CT molecular complexity index is 725. The summed E-state index contributed by atoms with van der Waals surface area (Å²) in [5.74, 6) is 0. The molecule has 0 fully saturated rings. The molecule has 0 unspecified atom stereocenters. The predicted molar refractivity (Wildman–Crippen MR) is 90.2 cm³/mol. The van der Waals surface area contributed by atoms with Crippen molar-refractivity contribution in [3.63, 3.8) is 0 Å². The average Bonchev–Trinajstić information content (AvgIpc) is 2.82. The van der Waals surface area contributed by atoms with E-state index in [1.54, 1.807) is 18.2 Å². The number of hydrogen-bond donors (Lipinski definition) is 2. The molecule has 0 aliphatic heterocycles. The van der Waals surface area contributed by atoms with Crippen LogP contribution in [-0.2, 0) is 10.0 Å². The summed E-state index contributed by atoms with van der Waals surface area (Å²) in [4.78, 5) is 0.777. The van der Waals surface area contributed by atoms with Crippen LogP contribution in [0.5, 0.6) is 0 Å². The molecule has 0 saturated heterocycles. The molecule has 2 aromatic rings. The Morgan fingerprint density at radius 1 is 1.26 bits per heavy atom. The maximum absolute atomic E-state index is 12.2. The number of hydrogen-bond acceptors (Lipinski definition) is 4. The Kier molecular flexibility index (Phi) is 4.43. The van der Waals surface area contributed by atoms with E-state index in [1.807, 2.05) is 12.1 Å². The lowest BCUT2D eigenvalue weighted by Crippen LogP contribution is -2.12. The van der Waals surface area contributed by atoms with Crippen molar-refractivity contribution in [2.75, 3.05) is 4.72 Å². The number of anilines is 1. The topological polar surface area (TPSA) is 72.2 Å². The predicted octanol–water partition coefficient (Wildman–Crippen LogP) is 2.79. The van der Waals surface area contributed by atoms with Gasteiger partial charge in [0.05, 0.1) is 10.6 Å². The molecule has 0 saturated carbocycles. The fraction of sp³-hybridized carbons (Fsp3) is 0. The van der Waals surface area contributed by atoms with Crippen molar-refractivity contribution in [2.24, 2.45) is 5.73 Å². The van der Waals surface area contributed by atoms with Gasteiger partial charge in [-0.2, -0.15) is 0 Å². The number of nitrogens with two attached hydrogens (primary N) is 1. The fourth-order valence-electron chi connectivity index (χ4n) is 1.34. The molecule has 1 aromatic heterocycles. The van der Waals surface area contributed by atoms with Gasteiger partial charge in [-0.15, -0.1) is 11.3 Å². The SMILES string of the molecule is NC(=S)c1ccc(S(=O)(=O)Nc2ccccc2I)s1. The molecule has 4 nitrogen and oxygen atoms in total. The van der Waals surface area contributed by atoms with Gasteiger partial charge in [-0.1, -0.05) is 24.4 Å². The Labute approximate surface area is 134 Å². The summed E-state index contributed by atoms with van der Waals surface area (Å²) in [5, 5.41) is 0. The quantitative estimate of drug-likeness (QED) is 0.585. The van der Waals surface area contributed by atoms with Crippen molar-refractivity contribution in [1.29, 1.82) is 0 Å². The zero-order valence-electron chi connectivity index (χ0n) is 9.46. The minimum atomic E-state index is -3.60. The maximum Gasteiger partial charge on any atom is 0.271 e. The summed E-state index contributed by atoms with van der Waals surface area (Å²) in [6, 6.07) is 10.3. The van der Waals surface area contributed by atoms with Gasteiger partial charge in [0.2, 0.25) is 0 Å². The van der Waals surface area contributed by atoms with E-state index >= 15 is 0 Å². The molecule has 0 aliphatic rings. The molecule has 1 aromatic carbocycles. The molecule has 0 amide bonds. The number of thiophene rings is 1. The normalized spacial score (nSPS) is 11.2. The third-order valence-corrected chi connectivity index (χ3v) is 6.47. The summed E-state index contributed by atoms with van der Waals surface area (Å²) >= 11 is 7.95. The van der Waals surface area contributed by atoms with Crippen LogP contribution in [0.15, 0.2) is 40.6 Å². The molecule has 3 N–H and O–H groups in total. The molecular weight excluding hydrogens is 415 g/mol. The lowest BCUT2D eigenvalue weighted by Gasteiger charge is -2.07. The van der Waals surface area contributed by atoms with Crippen LogP contribution in [0.4, 0.5) is 5.69 Å². The van der Waals surface area contributed by atoms with Gasteiger partial charge < -0.3 is 5.73 Å². The van der Waals surface area contributed by atoms with Crippen LogP contribution in [0.3, 0.4) is 0 Å². The molecule has 0 aliphatic carbocycles. The van der Waals surface area contributed by atoms with Gasteiger partial charge in [0, 0.05) is 3.57 Å². The number of thiocarbonyl (C=S) groups is 1. The smallest absolute Gasteiger partial charge is 0.271 e. The van der Waals surface area contributed by atoms with E-state index < -0.39 is 10.0 Å². The number of nitrogens with one attached hydrogen (secondary N) is 1. The van der Waals surface area contributed by atoms with Gasteiger partial charge in [-0.05, 0) is 46.9 Å². The second-order valence-electron chi connectivity index (χ2n) is 3.57. The third-order valence-electron chi connectivity index (χ3n) is 2.21. The van der Waals surface area contributed by atoms with E-state index in [9.17, 15) is 8.42 Å². The average molecular weight is 424 g/mol. The van der Waals surface area contributed by atoms with Crippen LogP contribution >= 0.6 is 46.1 Å². The summed E-state index contributed by atoms with van der Waals surface area (Å²) < 4.78 is 28.0. The summed E-state index contributed by atoms with van der Waals surface area (Å²) in [7, 11) is -3.60. The van der Waals surface area contributed by atoms with E-state index in [4.69, 9.17) is 18.0 Å². The molecule has 100 valence electrons. The van der Waals surface area contributed by atoms with E-state index in [2.05, 4.69) is 27.3 Å². The summed E-state index contributed by atoms with van der Waals surface area (Å²) in [6.45, 7) is 0. The molecule has 8 heteroatoms. The first-order valence-electron chi connectivity index (χ1n) is 5.07. The van der Waals surface area contributed by atoms with E-state index in [-0.39, 0.29) is 9.20 Å². The van der Waals surface area contributed by atoms with Crippen LogP contribution in [0.2, 0.25) is 0 Å². The Morgan fingerprint density at radius 3 is 2.53 bits per heavy atom. The highest BCUT2D eigenvalue weighted by molar-refractivity contribution is 14.1. The van der Waals surface area contributed by atoms with Gasteiger partial charge in [-0.3, -0.25) is 4.72 Å². The van der Waals surface area contributed by atoms with Gasteiger partial charge in [-0.25, -0.2) is 8.42 Å². The van der Waals surface area contributed by atoms with Gasteiger partial charge in [0.15, 0.2) is 0 Å². The van der Waals surface area contributed by atoms with Crippen LogP contribution in [-0.4, -0.2) is 13.4 Å². The minimum absolute atomic E-state index is 0.190. The fourth-order valence-corrected chi connectivity index (χ4v) is 4.47. The highest BCUT2D eigenvalue weighted by Gasteiger charge is 2.18. The van der Waals surface area contributed by atoms with E-state index in [0.29, 0.717) is 10.6 Å². The molecule has 2 rings (SSSR count). The Morgan fingerprint density at radius 2 is 1.95 bits per heavy atom. The van der Waals surface area contributed by atoms with Gasteiger partial charge in [0.1, 0.15) is 9.20 Å². The second-order valence-corrected chi connectivity index (χ2v) is 8.16. The van der Waals surface area contributed by atoms with Crippen LogP contribution in [0.25, 0.3) is 0 Å².